The van der Waals surface area contributed by atoms with Crippen molar-refractivity contribution in [2.24, 2.45) is 0 Å². The van der Waals surface area contributed by atoms with Crippen molar-refractivity contribution in [1.29, 1.82) is 0 Å². The maximum atomic E-state index is 12.3. The van der Waals surface area contributed by atoms with Crippen molar-refractivity contribution < 1.29 is 14.3 Å². The van der Waals surface area contributed by atoms with Gasteiger partial charge < -0.3 is 15.4 Å². The van der Waals surface area contributed by atoms with Gasteiger partial charge in [-0.2, -0.15) is 0 Å². The highest BCUT2D eigenvalue weighted by atomic mass is 35.5. The Morgan fingerprint density at radius 3 is 2.85 bits per heavy atom. The van der Waals surface area contributed by atoms with Gasteiger partial charge in [0.15, 0.2) is 0 Å². The van der Waals surface area contributed by atoms with Crippen LogP contribution in [0.3, 0.4) is 0 Å². The summed E-state index contributed by atoms with van der Waals surface area (Å²) < 4.78 is 5.49. The molecule has 0 radical (unpaired) electrons. The van der Waals surface area contributed by atoms with Crippen LogP contribution >= 0.6 is 11.6 Å². The number of benzene rings is 1. The molecule has 1 atom stereocenters. The van der Waals surface area contributed by atoms with Crippen LogP contribution < -0.4 is 10.6 Å². The van der Waals surface area contributed by atoms with E-state index in [1.165, 1.54) is 12.3 Å². The molecule has 0 spiro atoms. The van der Waals surface area contributed by atoms with E-state index in [0.29, 0.717) is 30.1 Å². The fraction of sp³-hybridized carbons (Fsp3) is 0.350. The van der Waals surface area contributed by atoms with Gasteiger partial charge in [0.25, 0.3) is 11.8 Å². The Hall–Kier alpha value is -2.44. The van der Waals surface area contributed by atoms with Gasteiger partial charge in [-0.05, 0) is 49.1 Å². The second-order valence-electron chi connectivity index (χ2n) is 6.41. The number of amides is 2. The zero-order valence-corrected chi connectivity index (χ0v) is 15.7. The highest BCUT2D eigenvalue weighted by Crippen LogP contribution is 2.12. The molecule has 1 aromatic carbocycles. The molecule has 27 heavy (non-hydrogen) atoms. The summed E-state index contributed by atoms with van der Waals surface area (Å²) in [5.41, 5.74) is 1.66. The van der Waals surface area contributed by atoms with E-state index in [-0.39, 0.29) is 23.6 Å². The first-order chi connectivity index (χ1) is 13.1. The summed E-state index contributed by atoms with van der Waals surface area (Å²) in [7, 11) is 0. The average molecular weight is 388 g/mol. The molecule has 2 aromatic rings. The molecule has 0 saturated carbocycles. The molecule has 1 aliphatic heterocycles. The molecule has 1 saturated heterocycles. The van der Waals surface area contributed by atoms with Gasteiger partial charge in [0.2, 0.25) is 0 Å². The lowest BCUT2D eigenvalue weighted by Gasteiger charge is -2.11. The minimum atomic E-state index is -0.314. The van der Waals surface area contributed by atoms with E-state index in [4.69, 9.17) is 16.3 Å². The Balaban J connectivity index is 1.50. The molecule has 2 amide bonds. The number of hydrogen-bond donors (Lipinski definition) is 2. The minimum absolute atomic E-state index is 0.0741. The molecule has 7 heteroatoms. The van der Waals surface area contributed by atoms with Gasteiger partial charge in [-0.1, -0.05) is 23.7 Å². The van der Waals surface area contributed by atoms with E-state index in [1.807, 2.05) is 24.3 Å². The van der Waals surface area contributed by atoms with Crippen LogP contribution in [0.15, 0.2) is 42.6 Å². The van der Waals surface area contributed by atoms with E-state index in [2.05, 4.69) is 15.6 Å². The predicted molar refractivity (Wildman–Crippen MR) is 103 cm³/mol. The SMILES string of the molecule is O=C(NCC1CCCO1)c1ccnc(C(=O)NCCc2cccc(Cl)c2)c1. The standard InChI is InChI=1S/C20H22ClN3O3/c21-16-4-1-3-14(11-16)6-8-23-20(26)18-12-15(7-9-22-18)19(25)24-13-17-5-2-10-27-17/h1,3-4,7,9,11-12,17H,2,5-6,8,10,13H2,(H,23,26)(H,24,25). The molecule has 2 heterocycles. The fourth-order valence-corrected chi connectivity index (χ4v) is 3.13. The van der Waals surface area contributed by atoms with Crippen LogP contribution in [0.5, 0.6) is 0 Å². The van der Waals surface area contributed by atoms with E-state index >= 15 is 0 Å². The van der Waals surface area contributed by atoms with Crippen molar-refractivity contribution in [3.63, 3.8) is 0 Å². The third-order valence-corrected chi connectivity index (χ3v) is 4.59. The number of carbonyl (C=O) groups excluding carboxylic acids is 2. The Labute approximate surface area is 163 Å². The first-order valence-electron chi connectivity index (χ1n) is 9.00. The minimum Gasteiger partial charge on any atom is -0.376 e. The van der Waals surface area contributed by atoms with E-state index in [0.717, 1.165) is 25.0 Å². The van der Waals surface area contributed by atoms with E-state index in [9.17, 15) is 9.59 Å². The molecule has 1 fully saturated rings. The zero-order valence-electron chi connectivity index (χ0n) is 14.9. The number of halogens is 1. The van der Waals surface area contributed by atoms with Crippen molar-refractivity contribution in [2.75, 3.05) is 19.7 Å². The lowest BCUT2D eigenvalue weighted by molar-refractivity contribution is 0.0857. The van der Waals surface area contributed by atoms with Crippen LogP contribution in [-0.4, -0.2) is 42.6 Å². The second-order valence-corrected chi connectivity index (χ2v) is 6.85. The number of nitrogens with zero attached hydrogens (tertiary/aromatic N) is 1. The number of nitrogens with one attached hydrogen (secondary N) is 2. The number of ether oxygens (including phenoxy) is 1. The van der Waals surface area contributed by atoms with E-state index in [1.54, 1.807) is 6.07 Å². The summed E-state index contributed by atoms with van der Waals surface area (Å²) in [6.45, 7) is 1.67. The van der Waals surface area contributed by atoms with Gasteiger partial charge in [-0.25, -0.2) is 0 Å². The quantitative estimate of drug-likeness (QED) is 0.765. The summed E-state index contributed by atoms with van der Waals surface area (Å²) in [5, 5.41) is 6.32. The number of rotatable bonds is 7. The molecule has 142 valence electrons. The number of aromatic nitrogens is 1. The smallest absolute Gasteiger partial charge is 0.269 e. The zero-order chi connectivity index (χ0) is 19.1. The van der Waals surface area contributed by atoms with Crippen molar-refractivity contribution in [3.05, 3.63) is 64.4 Å². The van der Waals surface area contributed by atoms with Crippen molar-refractivity contribution >= 4 is 23.4 Å². The lowest BCUT2D eigenvalue weighted by Crippen LogP contribution is -2.32. The maximum absolute atomic E-state index is 12.3. The molecule has 1 unspecified atom stereocenters. The lowest BCUT2D eigenvalue weighted by atomic mass is 10.1. The normalized spacial score (nSPS) is 16.1. The molecule has 6 nitrogen and oxygen atoms in total. The first kappa shape index (κ1) is 19.3. The van der Waals surface area contributed by atoms with Crippen LogP contribution in [0.1, 0.15) is 39.3 Å². The topological polar surface area (TPSA) is 80.3 Å². The summed E-state index contributed by atoms with van der Waals surface area (Å²) in [6.07, 6.45) is 4.18. The summed E-state index contributed by atoms with van der Waals surface area (Å²) >= 11 is 5.95. The number of hydrogen-bond acceptors (Lipinski definition) is 4. The second kappa shape index (κ2) is 9.48. The largest absolute Gasteiger partial charge is 0.376 e. The highest BCUT2D eigenvalue weighted by Gasteiger charge is 2.17. The Morgan fingerprint density at radius 2 is 2.07 bits per heavy atom. The van der Waals surface area contributed by atoms with Crippen LogP contribution in [0.4, 0.5) is 0 Å². The summed E-state index contributed by atoms with van der Waals surface area (Å²) in [5.74, 6) is -0.549. The number of pyridine rings is 1. The molecular formula is C20H22ClN3O3. The molecule has 3 rings (SSSR count). The Bertz CT molecular complexity index is 807. The summed E-state index contributed by atoms with van der Waals surface area (Å²) in [4.78, 5) is 28.6. The van der Waals surface area contributed by atoms with Gasteiger partial charge in [0.05, 0.1) is 6.10 Å². The highest BCUT2D eigenvalue weighted by molar-refractivity contribution is 6.30. The average Bonchev–Trinajstić information content (AvgIpc) is 3.20. The molecule has 2 N–H and O–H groups in total. The molecule has 0 aliphatic carbocycles. The van der Waals surface area contributed by atoms with Gasteiger partial charge in [-0.15, -0.1) is 0 Å². The van der Waals surface area contributed by atoms with Gasteiger partial charge in [-0.3, -0.25) is 14.6 Å². The van der Waals surface area contributed by atoms with Crippen molar-refractivity contribution in [3.8, 4) is 0 Å². The third-order valence-electron chi connectivity index (χ3n) is 4.36. The van der Waals surface area contributed by atoms with Crippen molar-refractivity contribution in [2.45, 2.75) is 25.4 Å². The van der Waals surface area contributed by atoms with Crippen LogP contribution in [0.2, 0.25) is 5.02 Å². The predicted octanol–water partition coefficient (Wildman–Crippen LogP) is 2.62. The monoisotopic (exact) mass is 387 g/mol. The van der Waals surface area contributed by atoms with Crippen LogP contribution in [0.25, 0.3) is 0 Å². The number of carbonyl (C=O) groups is 2. The molecular weight excluding hydrogens is 366 g/mol. The van der Waals surface area contributed by atoms with Gasteiger partial charge >= 0.3 is 0 Å². The van der Waals surface area contributed by atoms with Crippen LogP contribution in [-0.2, 0) is 11.2 Å². The Kier molecular flexibility index (Phi) is 6.79. The van der Waals surface area contributed by atoms with Crippen LogP contribution in [0, 0.1) is 0 Å². The third kappa shape index (κ3) is 5.77. The maximum Gasteiger partial charge on any atom is 0.269 e. The Morgan fingerprint density at radius 1 is 1.19 bits per heavy atom. The van der Waals surface area contributed by atoms with Crippen molar-refractivity contribution in [1.82, 2.24) is 15.6 Å². The first-order valence-corrected chi connectivity index (χ1v) is 9.38. The summed E-state index contributed by atoms with van der Waals surface area (Å²) in [6, 6.07) is 10.6. The van der Waals surface area contributed by atoms with Gasteiger partial charge in [0, 0.05) is 36.5 Å². The molecule has 1 aromatic heterocycles. The van der Waals surface area contributed by atoms with Gasteiger partial charge in [0.1, 0.15) is 5.69 Å². The van der Waals surface area contributed by atoms with E-state index < -0.39 is 0 Å². The molecule has 1 aliphatic rings. The molecule has 0 bridgehead atoms. The fourth-order valence-electron chi connectivity index (χ4n) is 2.91.